The lowest BCUT2D eigenvalue weighted by Gasteiger charge is -2.17. The van der Waals surface area contributed by atoms with Crippen molar-refractivity contribution in [2.24, 2.45) is 0 Å². The number of carbonyl (C=O) groups excluding carboxylic acids is 1. The number of hydrogen-bond acceptors (Lipinski definition) is 4. The average Bonchev–Trinajstić information content (AvgIpc) is 3.04. The molecule has 1 fully saturated rings. The third-order valence-electron chi connectivity index (χ3n) is 4.16. The zero-order valence-corrected chi connectivity index (χ0v) is 14.9. The van der Waals surface area contributed by atoms with Crippen LogP contribution in [0.25, 0.3) is 0 Å². The molecular weight excluding hydrogens is 324 g/mol. The second kappa shape index (κ2) is 6.77. The van der Waals surface area contributed by atoms with Crippen LogP contribution in [0.5, 0.6) is 0 Å². The zero-order valence-electron chi connectivity index (χ0n) is 14.2. The first kappa shape index (κ1) is 16.7. The van der Waals surface area contributed by atoms with Gasteiger partial charge in [0.1, 0.15) is 17.3 Å². The zero-order chi connectivity index (χ0) is 17.3. The summed E-state index contributed by atoms with van der Waals surface area (Å²) in [6, 6.07) is 5.58. The Hall–Kier alpha value is -2.14. The summed E-state index contributed by atoms with van der Waals surface area (Å²) in [4.78, 5) is 23.6. The van der Waals surface area contributed by atoms with E-state index in [0.717, 1.165) is 42.9 Å². The average molecular weight is 345 g/mol. The molecule has 6 heteroatoms. The Bertz CT molecular complexity index is 762. The molecule has 5 nitrogen and oxygen atoms in total. The van der Waals surface area contributed by atoms with E-state index in [1.54, 1.807) is 13.0 Å². The second-order valence-corrected chi connectivity index (χ2v) is 6.65. The predicted molar refractivity (Wildman–Crippen MR) is 97.1 cm³/mol. The van der Waals surface area contributed by atoms with Crippen molar-refractivity contribution in [3.05, 3.63) is 45.9 Å². The van der Waals surface area contributed by atoms with E-state index in [2.05, 4.69) is 20.2 Å². The van der Waals surface area contributed by atoms with Crippen LogP contribution >= 0.6 is 11.6 Å². The molecule has 0 aliphatic carbocycles. The number of rotatable bonds is 3. The molecule has 3 rings (SSSR count). The van der Waals surface area contributed by atoms with Crippen molar-refractivity contribution >= 4 is 29.0 Å². The molecule has 0 atom stereocenters. The van der Waals surface area contributed by atoms with Gasteiger partial charge in [-0.15, -0.1) is 0 Å². The summed E-state index contributed by atoms with van der Waals surface area (Å²) in [5.74, 6) is 1.14. The summed E-state index contributed by atoms with van der Waals surface area (Å²) in [5.41, 5.74) is 2.98. The van der Waals surface area contributed by atoms with Crippen LogP contribution in [0.1, 0.15) is 40.3 Å². The van der Waals surface area contributed by atoms with Gasteiger partial charge >= 0.3 is 0 Å². The standard InChI is InChI=1S/C18H21ClN4O/c1-11-8-12(2)17(14(19)9-11)22-18(24)15-10-16(21-13(3)20-15)23-6-4-5-7-23/h8-10H,4-7H2,1-3H3,(H,22,24). The van der Waals surface area contributed by atoms with Crippen LogP contribution in [-0.2, 0) is 0 Å². The Balaban J connectivity index is 1.88. The molecule has 126 valence electrons. The van der Waals surface area contributed by atoms with E-state index in [1.807, 2.05) is 26.0 Å². The molecule has 1 aliphatic heterocycles. The number of nitrogens with zero attached hydrogens (tertiary/aromatic N) is 3. The molecule has 0 unspecified atom stereocenters. The summed E-state index contributed by atoms with van der Waals surface area (Å²) in [5, 5.41) is 3.42. The van der Waals surface area contributed by atoms with Gasteiger partial charge in [-0.25, -0.2) is 9.97 Å². The lowest BCUT2D eigenvalue weighted by molar-refractivity contribution is 0.102. The van der Waals surface area contributed by atoms with Crippen LogP contribution in [0.4, 0.5) is 11.5 Å². The SMILES string of the molecule is Cc1cc(C)c(NC(=O)c2cc(N3CCCC3)nc(C)n2)c(Cl)c1. The molecule has 0 bridgehead atoms. The fourth-order valence-corrected chi connectivity index (χ4v) is 3.40. The summed E-state index contributed by atoms with van der Waals surface area (Å²) in [6.07, 6.45) is 2.31. The Morgan fingerprint density at radius 2 is 1.83 bits per heavy atom. The van der Waals surface area contributed by atoms with E-state index in [9.17, 15) is 4.79 Å². The van der Waals surface area contributed by atoms with Gasteiger partial charge in [0, 0.05) is 19.2 Å². The Kier molecular flexibility index (Phi) is 4.71. The van der Waals surface area contributed by atoms with Gasteiger partial charge in [-0.2, -0.15) is 0 Å². The summed E-state index contributed by atoms with van der Waals surface area (Å²) in [6.45, 7) is 7.65. The first-order valence-corrected chi connectivity index (χ1v) is 8.50. The summed E-state index contributed by atoms with van der Waals surface area (Å²) < 4.78 is 0. The lowest BCUT2D eigenvalue weighted by atomic mass is 10.1. The Morgan fingerprint density at radius 1 is 1.12 bits per heavy atom. The maximum atomic E-state index is 12.6. The molecule has 1 N–H and O–H groups in total. The van der Waals surface area contributed by atoms with Gasteiger partial charge in [0.15, 0.2) is 0 Å². The number of amides is 1. The fraction of sp³-hybridized carbons (Fsp3) is 0.389. The topological polar surface area (TPSA) is 58.1 Å². The molecule has 0 radical (unpaired) electrons. The smallest absolute Gasteiger partial charge is 0.274 e. The number of carbonyl (C=O) groups is 1. The van der Waals surface area contributed by atoms with Crippen LogP contribution in [0.2, 0.25) is 5.02 Å². The minimum absolute atomic E-state index is 0.269. The van der Waals surface area contributed by atoms with Crippen molar-refractivity contribution in [1.29, 1.82) is 0 Å². The van der Waals surface area contributed by atoms with E-state index in [0.29, 0.717) is 22.2 Å². The molecule has 0 spiro atoms. The van der Waals surface area contributed by atoms with Gasteiger partial charge < -0.3 is 10.2 Å². The van der Waals surface area contributed by atoms with Crippen LogP contribution in [0.3, 0.4) is 0 Å². The van der Waals surface area contributed by atoms with Crippen molar-refractivity contribution in [2.75, 3.05) is 23.3 Å². The fourth-order valence-electron chi connectivity index (χ4n) is 3.03. The second-order valence-electron chi connectivity index (χ2n) is 6.25. The Morgan fingerprint density at radius 3 is 2.50 bits per heavy atom. The summed E-state index contributed by atoms with van der Waals surface area (Å²) >= 11 is 6.28. The first-order valence-electron chi connectivity index (χ1n) is 8.13. The van der Waals surface area contributed by atoms with Crippen molar-refractivity contribution in [1.82, 2.24) is 9.97 Å². The molecule has 2 heterocycles. The minimum atomic E-state index is -0.269. The monoisotopic (exact) mass is 344 g/mol. The number of halogens is 1. The van der Waals surface area contributed by atoms with Crippen molar-refractivity contribution < 1.29 is 4.79 Å². The molecule has 0 saturated carbocycles. The van der Waals surface area contributed by atoms with E-state index in [4.69, 9.17) is 11.6 Å². The number of aromatic nitrogens is 2. The van der Waals surface area contributed by atoms with Gasteiger partial charge in [-0.1, -0.05) is 17.7 Å². The normalized spacial score (nSPS) is 14.1. The number of benzene rings is 1. The largest absolute Gasteiger partial charge is 0.356 e. The Labute approximate surface area is 147 Å². The molecule has 1 aromatic heterocycles. The highest BCUT2D eigenvalue weighted by atomic mass is 35.5. The highest BCUT2D eigenvalue weighted by Crippen LogP contribution is 2.28. The number of nitrogens with one attached hydrogen (secondary N) is 1. The molecule has 1 aliphatic rings. The predicted octanol–water partition coefficient (Wildman–Crippen LogP) is 3.91. The molecule has 1 aromatic carbocycles. The quantitative estimate of drug-likeness (QED) is 0.917. The maximum absolute atomic E-state index is 12.6. The number of anilines is 2. The molecule has 2 aromatic rings. The number of hydrogen-bond donors (Lipinski definition) is 1. The van der Waals surface area contributed by atoms with Gasteiger partial charge in [0.05, 0.1) is 10.7 Å². The van der Waals surface area contributed by atoms with Gasteiger partial charge in [0.2, 0.25) is 0 Å². The van der Waals surface area contributed by atoms with E-state index in [-0.39, 0.29) is 5.91 Å². The van der Waals surface area contributed by atoms with Crippen LogP contribution in [0, 0.1) is 20.8 Å². The van der Waals surface area contributed by atoms with Crippen LogP contribution < -0.4 is 10.2 Å². The highest BCUT2D eigenvalue weighted by molar-refractivity contribution is 6.34. The van der Waals surface area contributed by atoms with Gasteiger partial charge in [-0.3, -0.25) is 4.79 Å². The maximum Gasteiger partial charge on any atom is 0.274 e. The first-order chi connectivity index (χ1) is 11.4. The molecular formula is C18H21ClN4O. The number of aryl methyl sites for hydroxylation is 3. The van der Waals surface area contributed by atoms with Crippen molar-refractivity contribution in [3.63, 3.8) is 0 Å². The van der Waals surface area contributed by atoms with E-state index in [1.165, 1.54) is 0 Å². The van der Waals surface area contributed by atoms with Crippen molar-refractivity contribution in [2.45, 2.75) is 33.6 Å². The third-order valence-corrected chi connectivity index (χ3v) is 4.46. The summed E-state index contributed by atoms with van der Waals surface area (Å²) in [7, 11) is 0. The van der Waals surface area contributed by atoms with Crippen LogP contribution in [-0.4, -0.2) is 29.0 Å². The van der Waals surface area contributed by atoms with Crippen LogP contribution in [0.15, 0.2) is 18.2 Å². The highest BCUT2D eigenvalue weighted by Gasteiger charge is 2.18. The van der Waals surface area contributed by atoms with Crippen molar-refractivity contribution in [3.8, 4) is 0 Å². The lowest BCUT2D eigenvalue weighted by Crippen LogP contribution is -2.22. The third kappa shape index (κ3) is 3.51. The molecule has 1 amide bonds. The molecule has 1 saturated heterocycles. The van der Waals surface area contributed by atoms with E-state index < -0.39 is 0 Å². The minimum Gasteiger partial charge on any atom is -0.356 e. The van der Waals surface area contributed by atoms with E-state index >= 15 is 0 Å². The van der Waals surface area contributed by atoms with Gasteiger partial charge in [0.25, 0.3) is 5.91 Å². The van der Waals surface area contributed by atoms with Gasteiger partial charge in [-0.05, 0) is 50.8 Å². The molecule has 24 heavy (non-hydrogen) atoms.